The number of carbonyl (C=O) groups excluding carboxylic acids is 2. The van der Waals surface area contributed by atoms with E-state index in [0.717, 1.165) is 24.8 Å². The maximum atomic E-state index is 11.4. The summed E-state index contributed by atoms with van der Waals surface area (Å²) in [6.45, 7) is 3.19. The number of hydrogen-bond donors (Lipinski definition) is 0. The molecule has 1 saturated carbocycles. The summed E-state index contributed by atoms with van der Waals surface area (Å²) in [6.07, 6.45) is 3.15. The fraction of sp³-hybridized carbons (Fsp3) is 0.636. The van der Waals surface area contributed by atoms with Gasteiger partial charge in [-0.25, -0.2) is 0 Å². The van der Waals surface area contributed by atoms with Crippen molar-refractivity contribution in [2.45, 2.75) is 33.1 Å². The summed E-state index contributed by atoms with van der Waals surface area (Å²) in [6, 6.07) is 0. The van der Waals surface area contributed by atoms with Crippen LogP contribution in [0, 0.1) is 11.8 Å². The van der Waals surface area contributed by atoms with Gasteiger partial charge in [-0.3, -0.25) is 9.59 Å². The predicted octanol–water partition coefficient (Wildman–Crippen LogP) is 1.89. The van der Waals surface area contributed by atoms with Gasteiger partial charge in [0.05, 0.1) is 0 Å². The van der Waals surface area contributed by atoms with E-state index in [0.29, 0.717) is 5.92 Å². The van der Waals surface area contributed by atoms with Crippen molar-refractivity contribution >= 4 is 11.6 Å². The standard InChI is InChI=1S/C11H14O2/c1-6(12)10-8-3-4-9(5-8)11(10)7(2)13/h8,10H,3-5H2,1-2H3. The van der Waals surface area contributed by atoms with Gasteiger partial charge in [0.15, 0.2) is 5.78 Å². The highest BCUT2D eigenvalue weighted by Crippen LogP contribution is 2.48. The number of ketones is 2. The Bertz CT molecular complexity index is 312. The Labute approximate surface area is 78.0 Å². The first-order valence-electron chi connectivity index (χ1n) is 4.84. The Balaban J connectivity index is 2.40. The fourth-order valence-electron chi connectivity index (χ4n) is 2.87. The van der Waals surface area contributed by atoms with Crippen LogP contribution < -0.4 is 0 Å². The minimum atomic E-state index is -0.0544. The lowest BCUT2D eigenvalue weighted by Crippen LogP contribution is -2.23. The van der Waals surface area contributed by atoms with E-state index in [4.69, 9.17) is 0 Å². The van der Waals surface area contributed by atoms with E-state index in [-0.39, 0.29) is 17.5 Å². The Morgan fingerprint density at radius 2 is 2.00 bits per heavy atom. The fourth-order valence-corrected chi connectivity index (χ4v) is 2.87. The molecule has 0 radical (unpaired) electrons. The SMILES string of the molecule is CC(=O)C1=C2CCC(C2)C1C(C)=O. The summed E-state index contributed by atoms with van der Waals surface area (Å²) in [7, 11) is 0. The van der Waals surface area contributed by atoms with Crippen LogP contribution in [0.5, 0.6) is 0 Å². The summed E-state index contributed by atoms with van der Waals surface area (Å²) in [5.41, 5.74) is 2.11. The second-order valence-electron chi connectivity index (χ2n) is 4.16. The molecule has 2 aliphatic carbocycles. The van der Waals surface area contributed by atoms with Gasteiger partial charge in [-0.15, -0.1) is 0 Å². The zero-order chi connectivity index (χ0) is 9.59. The average Bonchev–Trinajstić information content (AvgIpc) is 2.60. The number of fused-ring (bicyclic) bond motifs is 2. The van der Waals surface area contributed by atoms with Gasteiger partial charge in [-0.2, -0.15) is 0 Å². The summed E-state index contributed by atoms with van der Waals surface area (Å²) in [5, 5.41) is 0. The molecule has 0 aliphatic heterocycles. The largest absolute Gasteiger partial charge is 0.299 e. The summed E-state index contributed by atoms with van der Waals surface area (Å²) in [4.78, 5) is 22.7. The van der Waals surface area contributed by atoms with Gasteiger partial charge < -0.3 is 0 Å². The molecule has 0 N–H and O–H groups in total. The second kappa shape index (κ2) is 2.79. The van der Waals surface area contributed by atoms with E-state index in [2.05, 4.69) is 0 Å². The third-order valence-electron chi connectivity index (χ3n) is 3.31. The topological polar surface area (TPSA) is 34.1 Å². The minimum absolute atomic E-state index is 0.0544. The third-order valence-corrected chi connectivity index (χ3v) is 3.31. The number of rotatable bonds is 2. The monoisotopic (exact) mass is 178 g/mol. The van der Waals surface area contributed by atoms with Gasteiger partial charge >= 0.3 is 0 Å². The molecule has 0 spiro atoms. The first-order chi connectivity index (χ1) is 6.11. The second-order valence-corrected chi connectivity index (χ2v) is 4.16. The third kappa shape index (κ3) is 1.16. The Kier molecular flexibility index (Phi) is 1.86. The maximum Gasteiger partial charge on any atom is 0.156 e. The van der Waals surface area contributed by atoms with Crippen molar-refractivity contribution in [2.24, 2.45) is 11.8 Å². The first kappa shape index (κ1) is 8.67. The summed E-state index contributed by atoms with van der Waals surface area (Å²) < 4.78 is 0. The van der Waals surface area contributed by atoms with Crippen molar-refractivity contribution in [1.82, 2.24) is 0 Å². The Hall–Kier alpha value is -0.920. The van der Waals surface area contributed by atoms with Crippen LogP contribution in [0.25, 0.3) is 0 Å². The summed E-state index contributed by atoms with van der Waals surface area (Å²) >= 11 is 0. The lowest BCUT2D eigenvalue weighted by atomic mass is 9.82. The molecular formula is C11H14O2. The normalized spacial score (nSPS) is 31.2. The molecule has 0 aromatic carbocycles. The lowest BCUT2D eigenvalue weighted by molar-refractivity contribution is -0.123. The van der Waals surface area contributed by atoms with Crippen molar-refractivity contribution in [3.8, 4) is 0 Å². The zero-order valence-electron chi connectivity index (χ0n) is 8.09. The number of Topliss-reactive ketones (excluding diaryl/α,β-unsaturated/α-hetero) is 2. The molecule has 70 valence electrons. The molecule has 2 rings (SSSR count). The van der Waals surface area contributed by atoms with Crippen LogP contribution in [0.4, 0.5) is 0 Å². The molecule has 0 heterocycles. The van der Waals surface area contributed by atoms with Crippen LogP contribution in [0.1, 0.15) is 33.1 Å². The van der Waals surface area contributed by atoms with Gasteiger partial charge in [0, 0.05) is 11.5 Å². The smallest absolute Gasteiger partial charge is 0.156 e. The van der Waals surface area contributed by atoms with Gasteiger partial charge in [-0.1, -0.05) is 5.57 Å². The van der Waals surface area contributed by atoms with Crippen molar-refractivity contribution in [1.29, 1.82) is 0 Å². The Morgan fingerprint density at radius 1 is 1.31 bits per heavy atom. The predicted molar refractivity (Wildman–Crippen MR) is 49.2 cm³/mol. The molecule has 2 bridgehead atoms. The van der Waals surface area contributed by atoms with E-state index in [9.17, 15) is 9.59 Å². The van der Waals surface area contributed by atoms with Crippen LogP contribution >= 0.6 is 0 Å². The van der Waals surface area contributed by atoms with Crippen LogP contribution in [0.2, 0.25) is 0 Å². The average molecular weight is 178 g/mol. The van der Waals surface area contributed by atoms with Crippen molar-refractivity contribution < 1.29 is 9.59 Å². The first-order valence-corrected chi connectivity index (χ1v) is 4.84. The van der Waals surface area contributed by atoms with Crippen molar-refractivity contribution in [3.63, 3.8) is 0 Å². The molecule has 2 heteroatoms. The van der Waals surface area contributed by atoms with Gasteiger partial charge in [0.1, 0.15) is 5.78 Å². The molecule has 1 fully saturated rings. The van der Waals surface area contributed by atoms with Crippen LogP contribution in [-0.2, 0) is 9.59 Å². The molecule has 0 aromatic rings. The quantitative estimate of drug-likeness (QED) is 0.647. The molecule has 0 amide bonds. The van der Waals surface area contributed by atoms with Gasteiger partial charge in [0.25, 0.3) is 0 Å². The highest BCUT2D eigenvalue weighted by molar-refractivity contribution is 6.02. The number of carbonyl (C=O) groups is 2. The van der Waals surface area contributed by atoms with Crippen LogP contribution in [-0.4, -0.2) is 11.6 Å². The molecular weight excluding hydrogens is 164 g/mol. The summed E-state index contributed by atoms with van der Waals surface area (Å²) in [5.74, 6) is 0.676. The van der Waals surface area contributed by atoms with Crippen LogP contribution in [0.15, 0.2) is 11.1 Å². The highest BCUT2D eigenvalue weighted by Gasteiger charge is 2.42. The molecule has 2 aliphatic rings. The molecule has 0 aromatic heterocycles. The maximum absolute atomic E-state index is 11.4. The van der Waals surface area contributed by atoms with Crippen molar-refractivity contribution in [3.05, 3.63) is 11.1 Å². The van der Waals surface area contributed by atoms with Crippen molar-refractivity contribution in [2.75, 3.05) is 0 Å². The molecule has 0 saturated heterocycles. The van der Waals surface area contributed by atoms with E-state index < -0.39 is 0 Å². The van der Waals surface area contributed by atoms with E-state index >= 15 is 0 Å². The highest BCUT2D eigenvalue weighted by atomic mass is 16.1. The molecule has 13 heavy (non-hydrogen) atoms. The van der Waals surface area contributed by atoms with Crippen LogP contribution in [0.3, 0.4) is 0 Å². The number of allylic oxidation sites excluding steroid dienone is 2. The lowest BCUT2D eigenvalue weighted by Gasteiger charge is -2.20. The Morgan fingerprint density at radius 3 is 2.46 bits per heavy atom. The number of hydrogen-bond acceptors (Lipinski definition) is 2. The van der Waals surface area contributed by atoms with E-state index in [1.54, 1.807) is 13.8 Å². The molecule has 2 atom stereocenters. The van der Waals surface area contributed by atoms with Gasteiger partial charge in [-0.05, 0) is 39.0 Å². The molecule has 2 unspecified atom stereocenters. The zero-order valence-corrected chi connectivity index (χ0v) is 8.09. The minimum Gasteiger partial charge on any atom is -0.299 e. The van der Waals surface area contributed by atoms with E-state index in [1.165, 1.54) is 5.57 Å². The molecule has 2 nitrogen and oxygen atoms in total. The van der Waals surface area contributed by atoms with E-state index in [1.807, 2.05) is 0 Å². The van der Waals surface area contributed by atoms with Gasteiger partial charge in [0.2, 0.25) is 0 Å².